The molecule has 3 nitrogen and oxygen atoms in total. The predicted molar refractivity (Wildman–Crippen MR) is 120 cm³/mol. The topological polar surface area (TPSA) is 30.5 Å². The van der Waals surface area contributed by atoms with Gasteiger partial charge in [0.25, 0.3) is 0 Å². The fraction of sp³-hybridized carbons (Fsp3) is 0.217. The SMILES string of the molecule is COc1cc(CNCCc2ccccc2F)cc(Br)c1OCc1ccc(F)cc1.Cl. The summed E-state index contributed by atoms with van der Waals surface area (Å²) in [6.07, 6.45) is 0.615. The van der Waals surface area contributed by atoms with Crippen LogP contribution in [0.25, 0.3) is 0 Å². The van der Waals surface area contributed by atoms with Crippen LogP contribution < -0.4 is 14.8 Å². The van der Waals surface area contributed by atoms with E-state index in [0.29, 0.717) is 43.2 Å². The molecule has 0 aliphatic carbocycles. The summed E-state index contributed by atoms with van der Waals surface area (Å²) < 4.78 is 38.8. The van der Waals surface area contributed by atoms with Crippen molar-refractivity contribution >= 4 is 28.3 Å². The van der Waals surface area contributed by atoms with E-state index in [-0.39, 0.29) is 24.0 Å². The number of methoxy groups -OCH3 is 1. The Kier molecular flexibility index (Phi) is 9.56. The predicted octanol–water partition coefficient (Wildman–Crippen LogP) is 6.07. The van der Waals surface area contributed by atoms with E-state index >= 15 is 0 Å². The third kappa shape index (κ3) is 6.69. The van der Waals surface area contributed by atoms with Gasteiger partial charge in [-0.15, -0.1) is 12.4 Å². The second-order valence-electron chi connectivity index (χ2n) is 6.54. The molecule has 3 rings (SSSR count). The molecule has 1 N–H and O–H groups in total. The van der Waals surface area contributed by atoms with Gasteiger partial charge in [0.15, 0.2) is 11.5 Å². The van der Waals surface area contributed by atoms with Crippen LogP contribution in [0.1, 0.15) is 16.7 Å². The monoisotopic (exact) mass is 497 g/mol. The number of benzene rings is 3. The lowest BCUT2D eigenvalue weighted by atomic mass is 10.1. The summed E-state index contributed by atoms with van der Waals surface area (Å²) in [4.78, 5) is 0. The minimum atomic E-state index is -0.278. The molecule has 0 unspecified atom stereocenters. The molecule has 0 saturated heterocycles. The maximum atomic E-state index is 13.7. The van der Waals surface area contributed by atoms with Gasteiger partial charge in [-0.1, -0.05) is 30.3 Å². The van der Waals surface area contributed by atoms with Crippen molar-refractivity contribution in [3.8, 4) is 11.5 Å². The minimum absolute atomic E-state index is 0. The van der Waals surface area contributed by atoms with Crippen molar-refractivity contribution < 1.29 is 18.3 Å². The van der Waals surface area contributed by atoms with Crippen molar-refractivity contribution in [1.82, 2.24) is 5.32 Å². The molecule has 3 aromatic rings. The van der Waals surface area contributed by atoms with Gasteiger partial charge in [-0.05, 0) is 75.9 Å². The highest BCUT2D eigenvalue weighted by atomic mass is 79.9. The summed E-state index contributed by atoms with van der Waals surface area (Å²) in [5.74, 6) is 0.736. The number of nitrogens with one attached hydrogen (secondary N) is 1. The fourth-order valence-electron chi connectivity index (χ4n) is 2.91. The van der Waals surface area contributed by atoms with E-state index in [9.17, 15) is 8.78 Å². The first-order chi connectivity index (χ1) is 14.1. The lowest BCUT2D eigenvalue weighted by Gasteiger charge is -2.15. The Balaban J connectivity index is 0.00000320. The molecule has 0 aliphatic rings. The molecular weight excluding hydrogens is 476 g/mol. The lowest BCUT2D eigenvalue weighted by molar-refractivity contribution is 0.282. The number of halogens is 4. The fourth-order valence-corrected chi connectivity index (χ4v) is 3.51. The summed E-state index contributed by atoms with van der Waals surface area (Å²) in [5, 5.41) is 3.32. The molecule has 0 heterocycles. The van der Waals surface area contributed by atoms with Gasteiger partial charge in [0.2, 0.25) is 0 Å². The molecule has 0 radical (unpaired) electrons. The van der Waals surface area contributed by atoms with Crippen molar-refractivity contribution in [3.63, 3.8) is 0 Å². The van der Waals surface area contributed by atoms with Crippen molar-refractivity contribution in [1.29, 1.82) is 0 Å². The molecule has 0 amide bonds. The molecule has 160 valence electrons. The zero-order valence-electron chi connectivity index (χ0n) is 16.5. The summed E-state index contributed by atoms with van der Waals surface area (Å²) in [5.41, 5.74) is 2.57. The molecule has 0 aromatic heterocycles. The van der Waals surface area contributed by atoms with Gasteiger partial charge < -0.3 is 14.8 Å². The molecule has 0 spiro atoms. The van der Waals surface area contributed by atoms with Gasteiger partial charge in [0.1, 0.15) is 18.2 Å². The average Bonchev–Trinajstić information content (AvgIpc) is 2.72. The number of hydrogen-bond acceptors (Lipinski definition) is 3. The molecule has 0 saturated carbocycles. The van der Waals surface area contributed by atoms with E-state index in [0.717, 1.165) is 15.6 Å². The van der Waals surface area contributed by atoms with Crippen molar-refractivity contribution in [2.45, 2.75) is 19.6 Å². The summed E-state index contributed by atoms with van der Waals surface area (Å²) in [7, 11) is 1.59. The van der Waals surface area contributed by atoms with Crippen molar-refractivity contribution in [2.75, 3.05) is 13.7 Å². The van der Waals surface area contributed by atoms with Gasteiger partial charge in [0, 0.05) is 6.54 Å². The molecule has 0 bridgehead atoms. The minimum Gasteiger partial charge on any atom is -0.493 e. The van der Waals surface area contributed by atoms with E-state index < -0.39 is 0 Å². The second kappa shape index (κ2) is 11.9. The van der Waals surface area contributed by atoms with E-state index in [1.807, 2.05) is 18.2 Å². The Morgan fingerprint density at radius 1 is 0.967 bits per heavy atom. The standard InChI is InChI=1S/C23H22BrF2NO2.ClH/c1-28-22-13-17(14-27-11-10-18-4-2-3-5-21(18)26)12-20(24)23(22)29-15-16-6-8-19(25)9-7-16;/h2-9,12-13,27H,10-11,14-15H2,1H3;1H. The van der Waals surface area contributed by atoms with Crippen LogP contribution in [0.2, 0.25) is 0 Å². The van der Waals surface area contributed by atoms with Gasteiger partial charge in [-0.2, -0.15) is 0 Å². The Hall–Kier alpha value is -2.15. The molecule has 0 fully saturated rings. The van der Waals surface area contributed by atoms with Gasteiger partial charge in [-0.25, -0.2) is 8.78 Å². The smallest absolute Gasteiger partial charge is 0.175 e. The van der Waals surface area contributed by atoms with Crippen LogP contribution in [-0.4, -0.2) is 13.7 Å². The molecule has 3 aromatic carbocycles. The highest BCUT2D eigenvalue weighted by Crippen LogP contribution is 2.37. The third-order valence-electron chi connectivity index (χ3n) is 4.44. The molecule has 30 heavy (non-hydrogen) atoms. The Labute approximate surface area is 189 Å². The van der Waals surface area contributed by atoms with Gasteiger partial charge in [-0.3, -0.25) is 0 Å². The van der Waals surface area contributed by atoms with Crippen LogP contribution in [0.3, 0.4) is 0 Å². The normalized spacial score (nSPS) is 10.4. The van der Waals surface area contributed by atoms with Crippen molar-refractivity contribution in [2.24, 2.45) is 0 Å². The first kappa shape index (κ1) is 24.1. The maximum Gasteiger partial charge on any atom is 0.175 e. The summed E-state index contributed by atoms with van der Waals surface area (Å²) in [6, 6.07) is 16.8. The van der Waals surface area contributed by atoms with E-state index in [1.165, 1.54) is 18.2 Å². The molecule has 0 aliphatic heterocycles. The average molecular weight is 499 g/mol. The maximum absolute atomic E-state index is 13.7. The lowest BCUT2D eigenvalue weighted by Crippen LogP contribution is -2.17. The third-order valence-corrected chi connectivity index (χ3v) is 5.03. The van der Waals surface area contributed by atoms with Crippen LogP contribution in [0.5, 0.6) is 11.5 Å². The van der Waals surface area contributed by atoms with Crippen molar-refractivity contribution in [3.05, 3.63) is 93.5 Å². The Morgan fingerprint density at radius 3 is 2.40 bits per heavy atom. The molecule has 0 atom stereocenters. The van der Waals surface area contributed by atoms with Gasteiger partial charge in [0.05, 0.1) is 11.6 Å². The van der Waals surface area contributed by atoms with Crippen LogP contribution >= 0.6 is 28.3 Å². The number of hydrogen-bond donors (Lipinski definition) is 1. The zero-order valence-corrected chi connectivity index (χ0v) is 18.9. The Morgan fingerprint density at radius 2 is 1.70 bits per heavy atom. The Bertz CT molecular complexity index is 954. The first-order valence-corrected chi connectivity index (χ1v) is 10.0. The second-order valence-corrected chi connectivity index (χ2v) is 7.40. The zero-order chi connectivity index (χ0) is 20.6. The number of ether oxygens (including phenoxy) is 2. The van der Waals surface area contributed by atoms with Gasteiger partial charge >= 0.3 is 0 Å². The highest BCUT2D eigenvalue weighted by Gasteiger charge is 2.12. The molecular formula is C23H23BrClF2NO2. The van der Waals surface area contributed by atoms with Crippen LogP contribution in [0.15, 0.2) is 65.1 Å². The highest BCUT2D eigenvalue weighted by molar-refractivity contribution is 9.10. The first-order valence-electron chi connectivity index (χ1n) is 9.24. The van der Waals surface area contributed by atoms with E-state index in [4.69, 9.17) is 9.47 Å². The largest absolute Gasteiger partial charge is 0.493 e. The van der Waals surface area contributed by atoms with Crippen LogP contribution in [0.4, 0.5) is 8.78 Å². The van der Waals surface area contributed by atoms with E-state index in [2.05, 4.69) is 21.2 Å². The summed E-state index contributed by atoms with van der Waals surface area (Å²) >= 11 is 3.54. The number of rotatable bonds is 9. The van der Waals surface area contributed by atoms with Crippen LogP contribution in [-0.2, 0) is 19.6 Å². The van der Waals surface area contributed by atoms with Crippen LogP contribution in [0, 0.1) is 11.6 Å². The summed E-state index contributed by atoms with van der Waals surface area (Å²) in [6.45, 7) is 1.57. The quantitative estimate of drug-likeness (QED) is 0.363. The van der Waals surface area contributed by atoms with E-state index in [1.54, 1.807) is 31.4 Å². The molecule has 7 heteroatoms.